The molecule has 94 valence electrons. The molecule has 0 spiro atoms. The molecule has 6 nitrogen and oxygen atoms in total. The predicted octanol–water partition coefficient (Wildman–Crippen LogP) is 1.23. The first-order valence-electron chi connectivity index (χ1n) is 5.72. The largest absolute Gasteiger partial charge is 0.464 e. The van der Waals surface area contributed by atoms with E-state index >= 15 is 0 Å². The van der Waals surface area contributed by atoms with Gasteiger partial charge in [-0.15, -0.1) is 0 Å². The quantitative estimate of drug-likeness (QED) is 0.819. The molecule has 0 aliphatic carbocycles. The van der Waals surface area contributed by atoms with E-state index in [-0.39, 0.29) is 0 Å². The van der Waals surface area contributed by atoms with Crippen molar-refractivity contribution in [3.63, 3.8) is 0 Å². The molecule has 1 aliphatic rings. The maximum absolute atomic E-state index is 5.31. The first-order chi connectivity index (χ1) is 8.31. The van der Waals surface area contributed by atoms with Crippen molar-refractivity contribution in [3.8, 4) is 6.01 Å². The average Bonchev–Trinajstić information content (AvgIpc) is 2.82. The fourth-order valence-corrected chi connectivity index (χ4v) is 2.71. The molecule has 1 atom stereocenters. The summed E-state index contributed by atoms with van der Waals surface area (Å²) in [7, 11) is 1.78. The smallest absolute Gasteiger partial charge is 0.323 e. The molecule has 1 aliphatic heterocycles. The highest BCUT2D eigenvalue weighted by Crippen LogP contribution is 2.20. The average molecular weight is 255 g/mol. The van der Waals surface area contributed by atoms with Crippen LogP contribution in [0, 0.1) is 0 Å². The molecule has 7 heteroatoms. The van der Waals surface area contributed by atoms with E-state index in [1.54, 1.807) is 7.05 Å². The number of hydrogen-bond acceptors (Lipinski definition) is 7. The highest BCUT2D eigenvalue weighted by atomic mass is 32.2. The summed E-state index contributed by atoms with van der Waals surface area (Å²) in [5.74, 6) is 3.40. The highest BCUT2D eigenvalue weighted by Gasteiger charge is 2.17. The molecule has 0 radical (unpaired) electrons. The van der Waals surface area contributed by atoms with E-state index in [0.717, 1.165) is 12.2 Å². The van der Waals surface area contributed by atoms with Crippen LogP contribution < -0.4 is 15.4 Å². The van der Waals surface area contributed by atoms with Gasteiger partial charge in [-0.25, -0.2) is 0 Å². The molecule has 1 unspecified atom stereocenters. The molecular formula is C10H17N5OS. The first-order valence-corrected chi connectivity index (χ1v) is 6.88. The molecule has 1 saturated heterocycles. The zero-order valence-electron chi connectivity index (χ0n) is 10.1. The second-order valence-electron chi connectivity index (χ2n) is 3.65. The minimum atomic E-state index is 0.361. The van der Waals surface area contributed by atoms with Crippen molar-refractivity contribution in [2.24, 2.45) is 0 Å². The summed E-state index contributed by atoms with van der Waals surface area (Å²) in [4.78, 5) is 12.6. The van der Waals surface area contributed by atoms with Crippen LogP contribution in [0.4, 0.5) is 11.9 Å². The number of rotatable bonds is 5. The summed E-state index contributed by atoms with van der Waals surface area (Å²) >= 11 is 1.95. The molecule has 0 bridgehead atoms. The van der Waals surface area contributed by atoms with Crippen molar-refractivity contribution < 1.29 is 4.74 Å². The van der Waals surface area contributed by atoms with E-state index in [1.807, 2.05) is 18.7 Å². The van der Waals surface area contributed by atoms with Gasteiger partial charge in [0, 0.05) is 18.8 Å². The summed E-state index contributed by atoms with van der Waals surface area (Å²) in [5.41, 5.74) is 0. The van der Waals surface area contributed by atoms with Crippen LogP contribution in [0.25, 0.3) is 0 Å². The molecule has 2 heterocycles. The Hall–Kier alpha value is -1.24. The van der Waals surface area contributed by atoms with Crippen molar-refractivity contribution in [1.82, 2.24) is 15.0 Å². The van der Waals surface area contributed by atoms with Crippen LogP contribution in [0.1, 0.15) is 13.3 Å². The minimum Gasteiger partial charge on any atom is -0.464 e. The number of thioether (sulfide) groups is 1. The Morgan fingerprint density at radius 1 is 1.35 bits per heavy atom. The van der Waals surface area contributed by atoms with Crippen LogP contribution in [-0.2, 0) is 0 Å². The van der Waals surface area contributed by atoms with Crippen LogP contribution in [0.5, 0.6) is 6.01 Å². The van der Waals surface area contributed by atoms with Crippen molar-refractivity contribution >= 4 is 23.7 Å². The summed E-state index contributed by atoms with van der Waals surface area (Å²) < 4.78 is 5.31. The fraction of sp³-hybridized carbons (Fsp3) is 0.700. The van der Waals surface area contributed by atoms with Crippen molar-refractivity contribution in [2.45, 2.75) is 19.4 Å². The normalized spacial score (nSPS) is 19.1. The Morgan fingerprint density at radius 2 is 2.18 bits per heavy atom. The van der Waals surface area contributed by atoms with Gasteiger partial charge in [0.05, 0.1) is 6.61 Å². The molecule has 1 aromatic rings. The van der Waals surface area contributed by atoms with Gasteiger partial charge in [0.15, 0.2) is 0 Å². The monoisotopic (exact) mass is 255 g/mol. The highest BCUT2D eigenvalue weighted by molar-refractivity contribution is 7.99. The Morgan fingerprint density at radius 3 is 2.82 bits per heavy atom. The zero-order valence-corrected chi connectivity index (χ0v) is 10.9. The topological polar surface area (TPSA) is 72.0 Å². The van der Waals surface area contributed by atoms with E-state index in [2.05, 4.69) is 25.6 Å². The lowest BCUT2D eigenvalue weighted by Crippen LogP contribution is -2.20. The maximum Gasteiger partial charge on any atom is 0.323 e. The van der Waals surface area contributed by atoms with Gasteiger partial charge < -0.3 is 15.4 Å². The molecule has 2 rings (SSSR count). The van der Waals surface area contributed by atoms with Crippen molar-refractivity contribution in [2.75, 3.05) is 35.8 Å². The van der Waals surface area contributed by atoms with Crippen LogP contribution in [-0.4, -0.2) is 46.2 Å². The van der Waals surface area contributed by atoms with Gasteiger partial charge in [-0.05, 0) is 19.1 Å². The zero-order chi connectivity index (χ0) is 12.1. The Kier molecular flexibility index (Phi) is 4.24. The van der Waals surface area contributed by atoms with Crippen molar-refractivity contribution in [3.05, 3.63) is 0 Å². The number of nitrogens with zero attached hydrogens (tertiary/aromatic N) is 3. The third-order valence-corrected chi connectivity index (χ3v) is 3.54. The van der Waals surface area contributed by atoms with Crippen LogP contribution in [0.3, 0.4) is 0 Å². The Bertz CT molecular complexity index is 370. The Balaban J connectivity index is 2.10. The second-order valence-corrected chi connectivity index (χ2v) is 4.80. The third kappa shape index (κ3) is 3.36. The van der Waals surface area contributed by atoms with E-state index < -0.39 is 0 Å². The summed E-state index contributed by atoms with van der Waals surface area (Å²) in [5, 5.41) is 6.21. The second kappa shape index (κ2) is 5.90. The van der Waals surface area contributed by atoms with Crippen molar-refractivity contribution in [1.29, 1.82) is 0 Å². The van der Waals surface area contributed by atoms with Gasteiger partial charge in [0.25, 0.3) is 0 Å². The number of anilines is 2. The third-order valence-electron chi connectivity index (χ3n) is 2.37. The van der Waals surface area contributed by atoms with Crippen LogP contribution >= 0.6 is 11.8 Å². The van der Waals surface area contributed by atoms with Gasteiger partial charge in [0.1, 0.15) is 0 Å². The van der Waals surface area contributed by atoms with Gasteiger partial charge >= 0.3 is 6.01 Å². The summed E-state index contributed by atoms with van der Waals surface area (Å²) in [6.07, 6.45) is 1.15. The molecule has 17 heavy (non-hydrogen) atoms. The number of aromatic nitrogens is 3. The number of nitrogens with one attached hydrogen (secondary N) is 2. The lowest BCUT2D eigenvalue weighted by Gasteiger charge is -2.12. The standard InChI is InChI=1S/C10H17N5OS/c1-3-16-10-14-8(11-2)13-9(15-10)12-7-4-5-17-6-7/h7H,3-6H2,1-2H3,(H2,11,12,13,14,15). The molecule has 1 fully saturated rings. The fourth-order valence-electron chi connectivity index (χ4n) is 1.56. The Labute approximate surface area is 105 Å². The van der Waals surface area contributed by atoms with E-state index in [0.29, 0.717) is 30.6 Å². The minimum absolute atomic E-state index is 0.361. The SMILES string of the molecule is CCOc1nc(NC)nc(NC2CCSC2)n1. The number of hydrogen-bond donors (Lipinski definition) is 2. The molecule has 0 aromatic carbocycles. The molecule has 0 saturated carbocycles. The first kappa shape index (κ1) is 12.2. The molecule has 0 amide bonds. The van der Waals surface area contributed by atoms with Crippen LogP contribution in [0.15, 0.2) is 0 Å². The lowest BCUT2D eigenvalue weighted by atomic mass is 10.3. The lowest BCUT2D eigenvalue weighted by molar-refractivity contribution is 0.312. The van der Waals surface area contributed by atoms with Gasteiger partial charge in [0.2, 0.25) is 11.9 Å². The van der Waals surface area contributed by atoms with E-state index in [4.69, 9.17) is 4.74 Å². The van der Waals surface area contributed by atoms with E-state index in [1.165, 1.54) is 5.75 Å². The maximum atomic E-state index is 5.31. The van der Waals surface area contributed by atoms with Gasteiger partial charge in [-0.2, -0.15) is 26.7 Å². The molecular weight excluding hydrogens is 238 g/mol. The predicted molar refractivity (Wildman–Crippen MR) is 69.9 cm³/mol. The number of ether oxygens (including phenoxy) is 1. The summed E-state index contributed by atoms with van der Waals surface area (Å²) in [6, 6.07) is 0.807. The molecule has 2 N–H and O–H groups in total. The van der Waals surface area contributed by atoms with Gasteiger partial charge in [-0.3, -0.25) is 0 Å². The van der Waals surface area contributed by atoms with E-state index in [9.17, 15) is 0 Å². The molecule has 1 aromatic heterocycles. The summed E-state index contributed by atoms with van der Waals surface area (Å²) in [6.45, 7) is 2.45. The van der Waals surface area contributed by atoms with Crippen LogP contribution in [0.2, 0.25) is 0 Å². The van der Waals surface area contributed by atoms with Gasteiger partial charge in [-0.1, -0.05) is 0 Å².